The van der Waals surface area contributed by atoms with E-state index in [0.717, 1.165) is 55.8 Å². The van der Waals surface area contributed by atoms with Crippen LogP contribution in [0.1, 0.15) is 200 Å². The second kappa shape index (κ2) is 26.0. The number of carbonyl (C=O) groups excluding carboxylic acids is 2. The maximum atomic E-state index is 12.7. The number of Topliss-reactive ketones (excluding diaryl/α,β-unsaturated/α-hetero) is 1. The average molecular weight is 904 g/mol. The average Bonchev–Trinajstić information content (AvgIpc) is 3.51. The van der Waals surface area contributed by atoms with Gasteiger partial charge in [0.25, 0.3) is 0 Å². The van der Waals surface area contributed by atoms with Crippen molar-refractivity contribution in [2.75, 3.05) is 7.11 Å². The zero-order valence-corrected chi connectivity index (χ0v) is 42.2. The Morgan fingerprint density at radius 1 is 0.707 bits per heavy atom. The molecule has 5 nitrogen and oxygen atoms in total. The van der Waals surface area contributed by atoms with Crippen molar-refractivity contribution in [3.8, 4) is 0 Å². The van der Waals surface area contributed by atoms with Crippen molar-refractivity contribution in [2.24, 2.45) is 5.92 Å². The third-order valence-corrected chi connectivity index (χ3v) is 22.6. The Balaban J connectivity index is 0.000000652. The largest absolute Gasteiger partial charge is 0.469 e. The molecule has 1 aliphatic rings. The first-order valence-electron chi connectivity index (χ1n) is 22.5. The topological polar surface area (TPSA) is 61.8 Å². The Hall–Kier alpha value is -1.59. The second-order valence-corrected chi connectivity index (χ2v) is 30.1. The zero-order valence-electron chi connectivity index (χ0n) is 38.7. The molecule has 8 heteroatoms. The van der Waals surface area contributed by atoms with Gasteiger partial charge < -0.3 is 13.6 Å². The molecule has 0 saturated heterocycles. The molecular weight excluding hydrogens is 817 g/mol. The lowest BCUT2D eigenvalue weighted by atomic mass is 9.84. The minimum Gasteiger partial charge on any atom is -0.469 e. The van der Waals surface area contributed by atoms with Crippen LogP contribution in [-0.2, 0) is 23.2 Å². The van der Waals surface area contributed by atoms with Gasteiger partial charge in [0.2, 0.25) is 0 Å². The molecule has 0 unspecified atom stereocenters. The number of hydrogen-bond acceptors (Lipinski definition) is 5. The van der Waals surface area contributed by atoms with Gasteiger partial charge in [0.15, 0.2) is 16.6 Å². The maximum Gasteiger partial charge on any atom is 0.305 e. The molecule has 0 heterocycles. The number of rotatable bonds is 22. The number of ketones is 1. The summed E-state index contributed by atoms with van der Waals surface area (Å²) >= 11 is 3.52. The molecule has 2 aromatic carbocycles. The van der Waals surface area contributed by atoms with Crippen LogP contribution in [0.5, 0.6) is 0 Å². The first-order chi connectivity index (χ1) is 26.7. The molecule has 0 N–H and O–H groups in total. The smallest absolute Gasteiger partial charge is 0.305 e. The standard InChI is InChI=1S/C31H52O4Si.C18H31BrOSi.CH4/c1-8-9-12-16-29(35-36(6,7)31(2,3)4)25-20-18-24(19-21-25)26-22-23-28(32)27(26)15-13-10-11-14-17-30(33)34-5;1-7-8-9-10-17(15-11-13-16(19)14-12-15)20-21(5,6)18(2,3)4;/h18-21,26-27,29H,8-17,22-23H2,1-7H3;11-14,17H,7-10H2,1-6H3;1H4/t26-,27-,29-;17-;/m01./s1. The van der Waals surface area contributed by atoms with E-state index in [2.05, 4.69) is 146 Å². The normalized spacial score (nSPS) is 17.2. The van der Waals surface area contributed by atoms with Crippen molar-refractivity contribution in [3.05, 3.63) is 69.7 Å². The van der Waals surface area contributed by atoms with Crippen molar-refractivity contribution >= 4 is 44.3 Å². The third-order valence-electron chi connectivity index (χ3n) is 13.1. The highest BCUT2D eigenvalue weighted by Crippen LogP contribution is 2.44. The molecule has 58 heavy (non-hydrogen) atoms. The van der Waals surface area contributed by atoms with Gasteiger partial charge in [-0.15, -0.1) is 0 Å². The van der Waals surface area contributed by atoms with E-state index >= 15 is 0 Å². The number of halogens is 1. The molecule has 0 spiro atoms. The van der Waals surface area contributed by atoms with Crippen molar-refractivity contribution in [3.63, 3.8) is 0 Å². The van der Waals surface area contributed by atoms with E-state index in [0.29, 0.717) is 24.5 Å². The van der Waals surface area contributed by atoms with E-state index in [1.807, 2.05) is 0 Å². The third kappa shape index (κ3) is 18.2. The molecule has 0 aliphatic heterocycles. The zero-order chi connectivity index (χ0) is 42.9. The van der Waals surface area contributed by atoms with E-state index in [4.69, 9.17) is 13.6 Å². The fourth-order valence-electron chi connectivity index (χ4n) is 7.21. The first-order valence-corrected chi connectivity index (χ1v) is 29.1. The molecule has 2 aromatic rings. The predicted octanol–water partition coefficient (Wildman–Crippen LogP) is 16.6. The Morgan fingerprint density at radius 2 is 1.16 bits per heavy atom. The number of benzene rings is 2. The van der Waals surface area contributed by atoms with Crippen LogP contribution in [0.25, 0.3) is 0 Å². The predicted molar refractivity (Wildman–Crippen MR) is 258 cm³/mol. The highest BCUT2D eigenvalue weighted by Gasteiger charge is 2.41. The first kappa shape index (κ1) is 54.4. The highest BCUT2D eigenvalue weighted by atomic mass is 79.9. The van der Waals surface area contributed by atoms with Gasteiger partial charge in [-0.25, -0.2) is 0 Å². The van der Waals surface area contributed by atoms with E-state index < -0.39 is 16.6 Å². The van der Waals surface area contributed by atoms with Crippen LogP contribution in [0, 0.1) is 5.92 Å². The molecule has 0 aromatic heterocycles. The van der Waals surface area contributed by atoms with Crippen molar-refractivity contribution < 1.29 is 23.2 Å². The van der Waals surface area contributed by atoms with Gasteiger partial charge in [0, 0.05) is 23.2 Å². The van der Waals surface area contributed by atoms with E-state index in [9.17, 15) is 9.59 Å². The van der Waals surface area contributed by atoms with Gasteiger partial charge in [-0.05, 0) is 103 Å². The number of methoxy groups -OCH3 is 1. The van der Waals surface area contributed by atoms with E-state index in [-0.39, 0.29) is 41.6 Å². The van der Waals surface area contributed by atoms with Crippen LogP contribution >= 0.6 is 15.9 Å². The molecule has 332 valence electrons. The van der Waals surface area contributed by atoms with Crippen LogP contribution in [0.2, 0.25) is 36.3 Å². The van der Waals surface area contributed by atoms with Gasteiger partial charge in [-0.2, -0.15) is 0 Å². The quantitative estimate of drug-likeness (QED) is 0.0669. The molecule has 4 atom stereocenters. The lowest BCUT2D eigenvalue weighted by Gasteiger charge is -2.39. The number of carbonyl (C=O) groups is 2. The summed E-state index contributed by atoms with van der Waals surface area (Å²) in [7, 11) is -2.17. The number of esters is 1. The van der Waals surface area contributed by atoms with Crippen LogP contribution in [0.15, 0.2) is 53.0 Å². The van der Waals surface area contributed by atoms with Crippen LogP contribution in [0.3, 0.4) is 0 Å². The summed E-state index contributed by atoms with van der Waals surface area (Å²) in [5.41, 5.74) is 3.91. The monoisotopic (exact) mass is 903 g/mol. The summed E-state index contributed by atoms with van der Waals surface area (Å²) in [5.74, 6) is 0.769. The summed E-state index contributed by atoms with van der Waals surface area (Å²) in [5, 5.41) is 0.443. The molecule has 1 saturated carbocycles. The molecule has 0 radical (unpaired) electrons. The Labute approximate surface area is 368 Å². The lowest BCUT2D eigenvalue weighted by Crippen LogP contribution is -2.41. The van der Waals surface area contributed by atoms with Gasteiger partial charge in [-0.1, -0.05) is 173 Å². The molecule has 0 amide bonds. The van der Waals surface area contributed by atoms with Gasteiger partial charge in [0.1, 0.15) is 5.78 Å². The minimum atomic E-state index is -1.87. The molecule has 3 rings (SSSR count). The van der Waals surface area contributed by atoms with Crippen molar-refractivity contribution in [1.82, 2.24) is 0 Å². The van der Waals surface area contributed by atoms with Crippen molar-refractivity contribution in [1.29, 1.82) is 0 Å². The number of ether oxygens (including phenoxy) is 1. The van der Waals surface area contributed by atoms with Crippen LogP contribution in [0.4, 0.5) is 0 Å². The lowest BCUT2D eigenvalue weighted by molar-refractivity contribution is -0.140. The highest BCUT2D eigenvalue weighted by molar-refractivity contribution is 9.10. The molecule has 1 aliphatic carbocycles. The Kier molecular flexibility index (Phi) is 24.4. The number of hydrogen-bond donors (Lipinski definition) is 0. The fraction of sp³-hybridized carbons (Fsp3) is 0.720. The molecular formula is C50H87BrO5Si2. The molecule has 0 bridgehead atoms. The Bertz CT molecular complexity index is 1440. The van der Waals surface area contributed by atoms with Crippen LogP contribution < -0.4 is 0 Å². The maximum absolute atomic E-state index is 12.7. The summed E-state index contributed by atoms with van der Waals surface area (Å²) in [6.07, 6.45) is 17.1. The van der Waals surface area contributed by atoms with Gasteiger partial charge in [0.05, 0.1) is 19.3 Å². The minimum absolute atomic E-state index is 0. The summed E-state index contributed by atoms with van der Waals surface area (Å²) in [4.78, 5) is 24.0. The summed E-state index contributed by atoms with van der Waals surface area (Å²) in [6.45, 7) is 27.7. The summed E-state index contributed by atoms with van der Waals surface area (Å²) in [6, 6.07) is 17.7. The second-order valence-electron chi connectivity index (χ2n) is 19.7. The Morgan fingerprint density at radius 3 is 1.59 bits per heavy atom. The van der Waals surface area contributed by atoms with E-state index in [1.165, 1.54) is 62.3 Å². The van der Waals surface area contributed by atoms with Crippen molar-refractivity contribution in [2.45, 2.75) is 220 Å². The van der Waals surface area contributed by atoms with E-state index in [1.54, 1.807) is 0 Å². The summed E-state index contributed by atoms with van der Waals surface area (Å²) < 4.78 is 19.4. The SMILES string of the molecule is C.CCCCC[C@@H](O[Si](C)(C)C(C)(C)C)c1ccc(Br)cc1.CCCCC[C@H](O[Si](C)(C)C(C)(C)C)c1ccc([C@@H]2CCC(=O)[C@H]2CCCCCCC(=O)OC)cc1. The fourth-order valence-corrected chi connectivity index (χ4v) is 10.1. The van der Waals surface area contributed by atoms with Crippen LogP contribution in [-0.4, -0.2) is 35.5 Å². The number of unbranched alkanes of at least 4 members (excludes halogenated alkanes) is 7. The van der Waals surface area contributed by atoms with Gasteiger partial charge >= 0.3 is 5.97 Å². The van der Waals surface area contributed by atoms with Gasteiger partial charge in [-0.3, -0.25) is 9.59 Å². The molecule has 1 fully saturated rings.